The van der Waals surface area contributed by atoms with Crippen LogP contribution >= 0.6 is 0 Å². The number of hydrogen-bond donors (Lipinski definition) is 1. The van der Waals surface area contributed by atoms with E-state index >= 15 is 0 Å². The van der Waals surface area contributed by atoms with Gasteiger partial charge in [0.1, 0.15) is 12.0 Å². The van der Waals surface area contributed by atoms with Crippen molar-refractivity contribution in [2.24, 2.45) is 0 Å². The number of aromatic nitrogens is 1. The van der Waals surface area contributed by atoms with Crippen LogP contribution in [0.2, 0.25) is 0 Å². The lowest BCUT2D eigenvalue weighted by molar-refractivity contribution is -0.107. The number of hydrogen-bond acceptors (Lipinski definition) is 2. The molecule has 1 aromatic carbocycles. The fraction of sp³-hybridized carbons (Fsp3) is 0.250. The number of methoxy groups -OCH3 is 1. The number of rotatable bonds is 3. The Kier molecular flexibility index (Phi) is 2.46. The van der Waals surface area contributed by atoms with Gasteiger partial charge < -0.3 is 14.5 Å². The largest absolute Gasteiger partial charge is 0.495 e. The van der Waals surface area contributed by atoms with E-state index in [0.717, 1.165) is 34.1 Å². The van der Waals surface area contributed by atoms with Gasteiger partial charge in [-0.3, -0.25) is 0 Å². The number of carbonyl (C=O) groups is 1. The average Bonchev–Trinajstić information content (AvgIpc) is 2.64. The number of nitrogens with one attached hydrogen (secondary N) is 1. The van der Waals surface area contributed by atoms with Crippen LogP contribution in [-0.4, -0.2) is 18.4 Å². The minimum atomic E-state index is 0.438. The molecule has 2 aromatic rings. The molecule has 0 aliphatic heterocycles. The molecular formula is C12H13NO2. The third kappa shape index (κ3) is 1.50. The smallest absolute Gasteiger partial charge is 0.142 e. The molecule has 0 saturated heterocycles. The molecule has 0 aliphatic rings. The zero-order chi connectivity index (χ0) is 10.8. The maximum atomic E-state index is 10.5. The van der Waals surface area contributed by atoms with Crippen LogP contribution in [0.25, 0.3) is 10.9 Å². The van der Waals surface area contributed by atoms with E-state index in [4.69, 9.17) is 4.74 Å². The summed E-state index contributed by atoms with van der Waals surface area (Å²) in [6.45, 7) is 2.03. The van der Waals surface area contributed by atoms with Crippen LogP contribution in [0.4, 0.5) is 0 Å². The van der Waals surface area contributed by atoms with Crippen molar-refractivity contribution < 1.29 is 9.53 Å². The van der Waals surface area contributed by atoms with Gasteiger partial charge in [-0.1, -0.05) is 6.07 Å². The first-order valence-electron chi connectivity index (χ1n) is 4.85. The maximum absolute atomic E-state index is 10.5. The number of fused-ring (bicyclic) bond motifs is 1. The number of aromatic amines is 1. The summed E-state index contributed by atoms with van der Waals surface area (Å²) in [6, 6.07) is 3.93. The fourth-order valence-corrected chi connectivity index (χ4v) is 1.90. The molecule has 1 N–H and O–H groups in total. The van der Waals surface area contributed by atoms with E-state index in [0.29, 0.717) is 6.42 Å². The van der Waals surface area contributed by atoms with E-state index in [9.17, 15) is 4.79 Å². The van der Waals surface area contributed by atoms with Crippen molar-refractivity contribution >= 4 is 17.2 Å². The van der Waals surface area contributed by atoms with Crippen LogP contribution in [0.3, 0.4) is 0 Å². The van der Waals surface area contributed by atoms with Crippen molar-refractivity contribution in [3.05, 3.63) is 29.5 Å². The van der Waals surface area contributed by atoms with Gasteiger partial charge in [-0.2, -0.15) is 0 Å². The summed E-state index contributed by atoms with van der Waals surface area (Å²) in [5, 5.41) is 1.10. The molecule has 0 aliphatic carbocycles. The van der Waals surface area contributed by atoms with Gasteiger partial charge >= 0.3 is 0 Å². The Balaban J connectivity index is 2.72. The minimum Gasteiger partial charge on any atom is -0.495 e. The highest BCUT2D eigenvalue weighted by molar-refractivity contribution is 5.92. The Hall–Kier alpha value is -1.77. The van der Waals surface area contributed by atoms with Gasteiger partial charge in [0.15, 0.2) is 0 Å². The number of aryl methyl sites for hydroxylation is 1. The summed E-state index contributed by atoms with van der Waals surface area (Å²) < 4.78 is 5.25. The second kappa shape index (κ2) is 3.77. The van der Waals surface area contributed by atoms with Gasteiger partial charge in [0, 0.05) is 18.0 Å². The van der Waals surface area contributed by atoms with E-state index in [1.54, 1.807) is 7.11 Å². The van der Waals surface area contributed by atoms with Gasteiger partial charge in [-0.15, -0.1) is 0 Å². The summed E-state index contributed by atoms with van der Waals surface area (Å²) in [4.78, 5) is 13.7. The first-order chi connectivity index (χ1) is 7.27. The Bertz CT molecular complexity index is 500. The predicted molar refractivity (Wildman–Crippen MR) is 59.4 cm³/mol. The van der Waals surface area contributed by atoms with E-state index in [2.05, 4.69) is 4.98 Å². The minimum absolute atomic E-state index is 0.438. The van der Waals surface area contributed by atoms with Crippen molar-refractivity contribution in [2.45, 2.75) is 13.3 Å². The van der Waals surface area contributed by atoms with Gasteiger partial charge in [0.05, 0.1) is 12.6 Å². The van der Waals surface area contributed by atoms with Crippen LogP contribution < -0.4 is 4.74 Å². The molecule has 1 aromatic heterocycles. The zero-order valence-corrected chi connectivity index (χ0v) is 8.83. The van der Waals surface area contributed by atoms with E-state index in [1.807, 2.05) is 25.3 Å². The fourth-order valence-electron chi connectivity index (χ4n) is 1.90. The average molecular weight is 203 g/mol. The SMILES string of the molecule is COc1ccc(C)c2c(CC=O)c[nH]c12. The zero-order valence-electron chi connectivity index (χ0n) is 8.83. The van der Waals surface area contributed by atoms with Gasteiger partial charge in [0.25, 0.3) is 0 Å². The molecule has 3 nitrogen and oxygen atoms in total. The normalized spacial score (nSPS) is 10.5. The molecule has 0 spiro atoms. The molecule has 0 unspecified atom stereocenters. The standard InChI is InChI=1S/C12H13NO2/c1-8-3-4-10(15-2)12-11(8)9(5-6-14)7-13-12/h3-4,6-7,13H,5H2,1-2H3. The molecular weight excluding hydrogens is 190 g/mol. The van der Waals surface area contributed by atoms with Crippen molar-refractivity contribution in [2.75, 3.05) is 7.11 Å². The Morgan fingerprint density at radius 1 is 1.47 bits per heavy atom. The van der Waals surface area contributed by atoms with Crippen molar-refractivity contribution in [3.63, 3.8) is 0 Å². The van der Waals surface area contributed by atoms with Crippen molar-refractivity contribution in [1.29, 1.82) is 0 Å². The van der Waals surface area contributed by atoms with Gasteiger partial charge in [-0.05, 0) is 24.1 Å². The first kappa shape index (κ1) is 9.77. The Morgan fingerprint density at radius 2 is 2.27 bits per heavy atom. The first-order valence-corrected chi connectivity index (χ1v) is 4.85. The molecule has 0 bridgehead atoms. The van der Waals surface area contributed by atoms with Crippen LogP contribution in [-0.2, 0) is 11.2 Å². The topological polar surface area (TPSA) is 42.1 Å². The van der Waals surface area contributed by atoms with Gasteiger partial charge in [0.2, 0.25) is 0 Å². The molecule has 1 heterocycles. The number of H-pyrrole nitrogens is 1. The molecule has 0 fully saturated rings. The molecule has 15 heavy (non-hydrogen) atoms. The van der Waals surface area contributed by atoms with Gasteiger partial charge in [-0.25, -0.2) is 0 Å². The monoisotopic (exact) mass is 203 g/mol. The molecule has 0 amide bonds. The highest BCUT2D eigenvalue weighted by Gasteiger charge is 2.09. The van der Waals surface area contributed by atoms with E-state index < -0.39 is 0 Å². The summed E-state index contributed by atoms with van der Waals surface area (Å²) in [5.41, 5.74) is 3.15. The molecule has 2 rings (SSSR count). The highest BCUT2D eigenvalue weighted by atomic mass is 16.5. The summed E-state index contributed by atoms with van der Waals surface area (Å²) >= 11 is 0. The van der Waals surface area contributed by atoms with Crippen LogP contribution in [0, 0.1) is 6.92 Å². The van der Waals surface area contributed by atoms with Crippen LogP contribution in [0.15, 0.2) is 18.3 Å². The number of aldehydes is 1. The summed E-state index contributed by atoms with van der Waals surface area (Å²) in [6.07, 6.45) is 3.23. The lowest BCUT2D eigenvalue weighted by Gasteiger charge is -2.04. The van der Waals surface area contributed by atoms with E-state index in [-0.39, 0.29) is 0 Å². The predicted octanol–water partition coefficient (Wildman–Crippen LogP) is 2.23. The molecule has 0 atom stereocenters. The highest BCUT2D eigenvalue weighted by Crippen LogP contribution is 2.29. The second-order valence-electron chi connectivity index (χ2n) is 3.52. The van der Waals surface area contributed by atoms with E-state index in [1.165, 1.54) is 0 Å². The van der Waals surface area contributed by atoms with Crippen LogP contribution in [0.5, 0.6) is 5.75 Å². The van der Waals surface area contributed by atoms with Crippen LogP contribution in [0.1, 0.15) is 11.1 Å². The maximum Gasteiger partial charge on any atom is 0.142 e. The number of ether oxygens (including phenoxy) is 1. The van der Waals surface area contributed by atoms with Crippen molar-refractivity contribution in [1.82, 2.24) is 4.98 Å². The molecule has 0 radical (unpaired) electrons. The lowest BCUT2D eigenvalue weighted by atomic mass is 10.1. The number of carbonyl (C=O) groups excluding carboxylic acids is 1. The molecule has 3 heteroatoms. The lowest BCUT2D eigenvalue weighted by Crippen LogP contribution is -1.88. The Morgan fingerprint density at radius 3 is 2.93 bits per heavy atom. The molecule has 78 valence electrons. The molecule has 0 saturated carbocycles. The quantitative estimate of drug-likeness (QED) is 0.777. The number of benzene rings is 1. The second-order valence-corrected chi connectivity index (χ2v) is 3.52. The third-order valence-corrected chi connectivity index (χ3v) is 2.61. The third-order valence-electron chi connectivity index (χ3n) is 2.61. The summed E-state index contributed by atoms with van der Waals surface area (Å²) in [5.74, 6) is 0.813. The Labute approximate surface area is 88.1 Å². The van der Waals surface area contributed by atoms with Crippen molar-refractivity contribution in [3.8, 4) is 5.75 Å². The summed E-state index contributed by atoms with van der Waals surface area (Å²) in [7, 11) is 1.64.